The summed E-state index contributed by atoms with van der Waals surface area (Å²) >= 11 is 7.50. The van der Waals surface area contributed by atoms with Gasteiger partial charge >= 0.3 is 0 Å². The summed E-state index contributed by atoms with van der Waals surface area (Å²) in [6.45, 7) is 0. The molecule has 0 bridgehead atoms. The molecule has 4 aromatic heterocycles. The van der Waals surface area contributed by atoms with Crippen LogP contribution in [0, 0.1) is 17.7 Å². The van der Waals surface area contributed by atoms with Crippen LogP contribution < -0.4 is 4.74 Å². The van der Waals surface area contributed by atoms with Gasteiger partial charge in [-0.15, -0.1) is 11.3 Å². The summed E-state index contributed by atoms with van der Waals surface area (Å²) in [6.07, 6.45) is 2.73. The topological polar surface area (TPSA) is 95.2 Å². The summed E-state index contributed by atoms with van der Waals surface area (Å²) < 4.78 is 78.8. The number of ether oxygens (including phenoxy) is 1. The first-order valence-corrected chi connectivity index (χ1v) is 13.3. The lowest BCUT2D eigenvalue weighted by Crippen LogP contribution is -2.08. The van der Waals surface area contributed by atoms with Crippen molar-refractivity contribution in [1.29, 1.82) is 0 Å². The zero-order valence-corrected chi connectivity index (χ0v) is 20.7. The van der Waals surface area contributed by atoms with Crippen LogP contribution in [0.15, 0.2) is 75.2 Å². The zero-order valence-electron chi connectivity index (χ0n) is 18.4. The number of pyridine rings is 2. The van der Waals surface area contributed by atoms with Crippen LogP contribution in [-0.2, 0) is 15.6 Å². The molecule has 1 aromatic carbocycles. The molecule has 0 saturated carbocycles. The Balaban J connectivity index is 1.52. The average molecular weight is 564 g/mol. The molecule has 0 amide bonds. The van der Waals surface area contributed by atoms with Crippen molar-refractivity contribution in [2.75, 3.05) is 0 Å². The number of benzene rings is 1. The summed E-state index contributed by atoms with van der Waals surface area (Å²) in [5, 5.41) is 1.38. The third-order valence-corrected chi connectivity index (χ3v) is 7.70. The molecule has 188 valence electrons. The Labute approximate surface area is 217 Å². The maximum absolute atomic E-state index is 14.9. The Bertz CT molecular complexity index is 1700. The highest BCUT2D eigenvalue weighted by atomic mass is 35.5. The van der Waals surface area contributed by atoms with Gasteiger partial charge in [0.2, 0.25) is 11.9 Å². The van der Waals surface area contributed by atoms with E-state index in [1.54, 1.807) is 11.4 Å². The maximum Gasteiger partial charge on any atom is 0.224 e. The number of halogens is 4. The molecule has 0 radical (unpaired) electrons. The summed E-state index contributed by atoms with van der Waals surface area (Å²) in [5.74, 6) is -3.69. The number of hydrogen-bond donors (Lipinski definition) is 0. The van der Waals surface area contributed by atoms with Gasteiger partial charge in [-0.25, -0.2) is 22.8 Å². The molecule has 0 unspecified atom stereocenters. The second kappa shape index (κ2) is 9.96. The highest BCUT2D eigenvalue weighted by Crippen LogP contribution is 2.39. The predicted molar refractivity (Wildman–Crippen MR) is 130 cm³/mol. The van der Waals surface area contributed by atoms with Crippen molar-refractivity contribution in [3.8, 4) is 34.0 Å². The number of furan rings is 1. The van der Waals surface area contributed by atoms with Gasteiger partial charge in [-0.05, 0) is 36.4 Å². The van der Waals surface area contributed by atoms with E-state index >= 15 is 0 Å². The Morgan fingerprint density at radius 1 is 1.03 bits per heavy atom. The molecule has 4 heterocycles. The third kappa shape index (κ3) is 5.22. The number of thiazole rings is 1. The van der Waals surface area contributed by atoms with Crippen LogP contribution >= 0.6 is 22.9 Å². The van der Waals surface area contributed by atoms with Crippen molar-refractivity contribution in [2.45, 2.75) is 10.6 Å². The quantitative estimate of drug-likeness (QED) is 0.203. The molecule has 5 aromatic rings. The lowest BCUT2D eigenvalue weighted by atomic mass is 10.1. The van der Waals surface area contributed by atoms with Crippen molar-refractivity contribution in [3.05, 3.63) is 94.3 Å². The molecule has 0 atom stereocenters. The lowest BCUT2D eigenvalue weighted by Gasteiger charge is -2.14. The van der Waals surface area contributed by atoms with Gasteiger partial charge in [0.15, 0.2) is 15.6 Å². The van der Waals surface area contributed by atoms with Gasteiger partial charge < -0.3 is 9.15 Å². The fourth-order valence-electron chi connectivity index (χ4n) is 3.41. The minimum absolute atomic E-state index is 0.0588. The molecule has 5 rings (SSSR count). The van der Waals surface area contributed by atoms with Gasteiger partial charge in [0.05, 0.1) is 45.8 Å². The van der Waals surface area contributed by atoms with E-state index < -0.39 is 38.2 Å². The standard InChI is InChI=1S/C24H13ClF3N3O4S2/c25-16-7-21(37(32,33)11-14-10-36-12-29-14)17(26)8-20(16)35-19-3-2-18(15-1-4-22(27)31-24(15)28)30-23(19)13-5-6-34-9-13/h1-10,12H,11H2. The van der Waals surface area contributed by atoms with E-state index in [-0.39, 0.29) is 39.2 Å². The number of aromatic nitrogens is 3. The van der Waals surface area contributed by atoms with E-state index in [0.29, 0.717) is 5.56 Å². The first-order chi connectivity index (χ1) is 17.7. The smallest absolute Gasteiger partial charge is 0.224 e. The molecular weight excluding hydrogens is 551 g/mol. The van der Waals surface area contributed by atoms with Crippen molar-refractivity contribution >= 4 is 32.8 Å². The Hall–Kier alpha value is -3.74. The van der Waals surface area contributed by atoms with E-state index in [2.05, 4.69) is 15.0 Å². The van der Waals surface area contributed by atoms with Crippen LogP contribution in [0.25, 0.3) is 22.5 Å². The van der Waals surface area contributed by atoms with Crippen LogP contribution in [0.3, 0.4) is 0 Å². The molecule has 0 aliphatic rings. The first kappa shape index (κ1) is 24.9. The number of hydrogen-bond acceptors (Lipinski definition) is 8. The van der Waals surface area contributed by atoms with Crippen LogP contribution in [0.5, 0.6) is 11.5 Å². The van der Waals surface area contributed by atoms with E-state index in [1.807, 2.05) is 0 Å². The highest BCUT2D eigenvalue weighted by molar-refractivity contribution is 7.90. The zero-order chi connectivity index (χ0) is 26.2. The molecular formula is C24H13ClF3N3O4S2. The molecule has 13 heteroatoms. The van der Waals surface area contributed by atoms with Gasteiger partial charge in [0.1, 0.15) is 22.2 Å². The molecule has 7 nitrogen and oxygen atoms in total. The van der Waals surface area contributed by atoms with E-state index in [9.17, 15) is 21.6 Å². The fourth-order valence-corrected chi connectivity index (χ4v) is 5.70. The van der Waals surface area contributed by atoms with Crippen molar-refractivity contribution in [1.82, 2.24) is 15.0 Å². The highest BCUT2D eigenvalue weighted by Gasteiger charge is 2.24. The van der Waals surface area contributed by atoms with Crippen molar-refractivity contribution in [3.63, 3.8) is 0 Å². The summed E-state index contributed by atoms with van der Waals surface area (Å²) in [5.41, 5.74) is 2.43. The Morgan fingerprint density at radius 3 is 2.57 bits per heavy atom. The van der Waals surface area contributed by atoms with Gasteiger partial charge in [-0.1, -0.05) is 11.6 Å². The molecule has 0 N–H and O–H groups in total. The normalized spacial score (nSPS) is 11.6. The van der Waals surface area contributed by atoms with Crippen molar-refractivity contribution in [2.24, 2.45) is 0 Å². The second-order valence-corrected chi connectivity index (χ2v) is 10.7. The SMILES string of the molecule is O=S(=O)(Cc1cscn1)c1cc(Cl)c(Oc2ccc(-c3ccc(F)nc3F)nc2-c2ccoc2)cc1F. The number of nitrogens with zero attached hydrogens (tertiary/aromatic N) is 3. The monoisotopic (exact) mass is 563 g/mol. The minimum atomic E-state index is -4.08. The third-order valence-electron chi connectivity index (χ3n) is 5.11. The molecule has 0 fully saturated rings. The minimum Gasteiger partial charge on any atom is -0.472 e. The fraction of sp³-hybridized carbons (Fsp3) is 0.0417. The molecule has 0 saturated heterocycles. The van der Waals surface area contributed by atoms with Gasteiger partial charge in [0.25, 0.3) is 0 Å². The first-order valence-electron chi connectivity index (χ1n) is 10.3. The predicted octanol–water partition coefficient (Wildman–Crippen LogP) is 6.70. The lowest BCUT2D eigenvalue weighted by molar-refractivity contribution is 0.473. The summed E-state index contributed by atoms with van der Waals surface area (Å²) in [4.78, 5) is 10.9. The van der Waals surface area contributed by atoms with E-state index in [0.717, 1.165) is 18.2 Å². The maximum atomic E-state index is 14.9. The van der Waals surface area contributed by atoms with Crippen molar-refractivity contribution < 1.29 is 30.7 Å². The summed E-state index contributed by atoms with van der Waals surface area (Å²) in [7, 11) is -4.08. The van der Waals surface area contributed by atoms with Gasteiger partial charge in [-0.2, -0.15) is 13.8 Å². The molecule has 37 heavy (non-hydrogen) atoms. The van der Waals surface area contributed by atoms with Crippen LogP contribution in [0.4, 0.5) is 13.2 Å². The van der Waals surface area contributed by atoms with Crippen LogP contribution in [0.1, 0.15) is 5.69 Å². The van der Waals surface area contributed by atoms with Gasteiger partial charge in [-0.3, -0.25) is 0 Å². The molecule has 0 aliphatic carbocycles. The number of sulfone groups is 1. The number of rotatable bonds is 7. The van der Waals surface area contributed by atoms with Crippen LogP contribution in [0.2, 0.25) is 5.02 Å². The second-order valence-electron chi connectivity index (χ2n) is 7.58. The average Bonchev–Trinajstić information content (AvgIpc) is 3.56. The molecule has 0 spiro atoms. The Kier molecular flexibility index (Phi) is 6.71. The largest absolute Gasteiger partial charge is 0.472 e. The van der Waals surface area contributed by atoms with E-state index in [4.69, 9.17) is 20.8 Å². The van der Waals surface area contributed by atoms with E-state index in [1.165, 1.54) is 47.6 Å². The molecule has 0 aliphatic heterocycles. The van der Waals surface area contributed by atoms with Gasteiger partial charge in [0, 0.05) is 17.0 Å². The summed E-state index contributed by atoms with van der Waals surface area (Å²) in [6, 6.07) is 8.39. The Morgan fingerprint density at radius 2 is 1.86 bits per heavy atom. The van der Waals surface area contributed by atoms with Crippen LogP contribution in [-0.4, -0.2) is 23.4 Å².